The molecule has 1 aromatic heterocycles. The summed E-state index contributed by atoms with van der Waals surface area (Å²) in [7, 11) is 0. The minimum Gasteiger partial charge on any atom is -0.464 e. The number of nitrogens with one attached hydrogen (secondary N) is 1. The molecule has 1 aliphatic heterocycles. The van der Waals surface area contributed by atoms with Gasteiger partial charge in [-0.15, -0.1) is 0 Å². The highest BCUT2D eigenvalue weighted by atomic mass is 16.3. The van der Waals surface area contributed by atoms with Crippen molar-refractivity contribution in [3.8, 4) is 6.07 Å². The molecular formula is C19H23N3O2. The first kappa shape index (κ1) is 16.4. The summed E-state index contributed by atoms with van der Waals surface area (Å²) < 4.78 is 5.68. The molecule has 1 saturated heterocycles. The van der Waals surface area contributed by atoms with Gasteiger partial charge in [0.05, 0.1) is 23.9 Å². The van der Waals surface area contributed by atoms with Gasteiger partial charge in [-0.25, -0.2) is 0 Å². The Balaban J connectivity index is 1.68. The fourth-order valence-corrected chi connectivity index (χ4v) is 3.01. The molecule has 24 heavy (non-hydrogen) atoms. The topological polar surface area (TPSA) is 72.4 Å². The molecule has 5 nitrogen and oxygen atoms in total. The molecule has 0 unspecified atom stereocenters. The molecule has 0 atom stereocenters. The predicted octanol–water partition coefficient (Wildman–Crippen LogP) is 3.29. The van der Waals surface area contributed by atoms with Crippen LogP contribution in [0.4, 0.5) is 11.4 Å². The van der Waals surface area contributed by atoms with Gasteiger partial charge in [0, 0.05) is 25.2 Å². The number of aryl methyl sites for hydroxylation is 1. The zero-order chi connectivity index (χ0) is 16.9. The van der Waals surface area contributed by atoms with E-state index in [9.17, 15) is 10.4 Å². The van der Waals surface area contributed by atoms with Crippen LogP contribution in [0.3, 0.4) is 0 Å². The molecule has 2 N–H and O–H groups in total. The summed E-state index contributed by atoms with van der Waals surface area (Å²) in [6.45, 7) is 4.23. The predicted molar refractivity (Wildman–Crippen MR) is 94.0 cm³/mol. The summed E-state index contributed by atoms with van der Waals surface area (Å²) >= 11 is 0. The van der Waals surface area contributed by atoms with Gasteiger partial charge < -0.3 is 19.7 Å². The lowest BCUT2D eigenvalue weighted by atomic mass is 10.0. The van der Waals surface area contributed by atoms with Gasteiger partial charge in [-0.05, 0) is 43.2 Å². The van der Waals surface area contributed by atoms with E-state index in [0.717, 1.165) is 55.2 Å². The molecule has 1 aliphatic rings. The quantitative estimate of drug-likeness (QED) is 0.882. The smallest absolute Gasteiger partial charge is 0.123 e. The summed E-state index contributed by atoms with van der Waals surface area (Å²) in [4.78, 5) is 2.18. The van der Waals surface area contributed by atoms with E-state index in [1.807, 2.05) is 30.3 Å². The zero-order valence-electron chi connectivity index (χ0n) is 14.0. The number of benzene rings is 1. The first-order valence-corrected chi connectivity index (χ1v) is 8.48. The van der Waals surface area contributed by atoms with Crippen LogP contribution >= 0.6 is 0 Å². The molecule has 0 saturated carbocycles. The highest BCUT2D eigenvalue weighted by Crippen LogP contribution is 2.27. The van der Waals surface area contributed by atoms with Crippen molar-refractivity contribution in [1.29, 1.82) is 5.26 Å². The van der Waals surface area contributed by atoms with E-state index in [4.69, 9.17) is 4.42 Å². The van der Waals surface area contributed by atoms with Crippen LogP contribution in [0, 0.1) is 11.3 Å². The zero-order valence-corrected chi connectivity index (χ0v) is 14.0. The van der Waals surface area contributed by atoms with Crippen LogP contribution in [-0.2, 0) is 13.0 Å². The first-order chi connectivity index (χ1) is 11.7. The minimum atomic E-state index is -0.214. The fourth-order valence-electron chi connectivity index (χ4n) is 3.01. The standard InChI is InChI=1S/C19H23N3O2/c1-2-17-4-5-18(24-17)13-21-15-3-6-19(14(11-15)12-20)22-9-7-16(23)8-10-22/h3-6,11,16,21,23H,2,7-10,13H2,1H3. The van der Waals surface area contributed by atoms with Gasteiger partial charge in [-0.2, -0.15) is 5.26 Å². The molecule has 0 amide bonds. The maximum absolute atomic E-state index is 9.63. The van der Waals surface area contributed by atoms with Gasteiger partial charge in [0.25, 0.3) is 0 Å². The Kier molecular flexibility index (Phi) is 5.07. The van der Waals surface area contributed by atoms with E-state index >= 15 is 0 Å². The lowest BCUT2D eigenvalue weighted by Crippen LogP contribution is -2.36. The number of aliphatic hydroxyl groups is 1. The average molecular weight is 325 g/mol. The van der Waals surface area contributed by atoms with Gasteiger partial charge in [-0.3, -0.25) is 0 Å². The third-order valence-electron chi connectivity index (χ3n) is 4.45. The lowest BCUT2D eigenvalue weighted by Gasteiger charge is -2.32. The van der Waals surface area contributed by atoms with E-state index in [2.05, 4.69) is 23.2 Å². The summed E-state index contributed by atoms with van der Waals surface area (Å²) in [5.74, 6) is 1.87. The van der Waals surface area contributed by atoms with Crippen LogP contribution in [0.15, 0.2) is 34.7 Å². The minimum absolute atomic E-state index is 0.214. The van der Waals surface area contributed by atoms with Gasteiger partial charge in [-0.1, -0.05) is 6.92 Å². The van der Waals surface area contributed by atoms with Crippen molar-refractivity contribution in [3.05, 3.63) is 47.4 Å². The van der Waals surface area contributed by atoms with E-state index in [0.29, 0.717) is 12.1 Å². The second-order valence-corrected chi connectivity index (χ2v) is 6.14. The number of piperidine rings is 1. The SMILES string of the molecule is CCc1ccc(CNc2ccc(N3CCC(O)CC3)c(C#N)c2)o1. The number of furan rings is 1. The van der Waals surface area contributed by atoms with Crippen molar-refractivity contribution in [1.82, 2.24) is 0 Å². The highest BCUT2D eigenvalue weighted by molar-refractivity contribution is 5.65. The van der Waals surface area contributed by atoms with Gasteiger partial charge in [0.1, 0.15) is 17.6 Å². The monoisotopic (exact) mass is 325 g/mol. The van der Waals surface area contributed by atoms with Crippen LogP contribution in [0.5, 0.6) is 0 Å². The average Bonchev–Trinajstić information content (AvgIpc) is 3.08. The number of hydrogen-bond donors (Lipinski definition) is 2. The largest absolute Gasteiger partial charge is 0.464 e. The molecule has 0 spiro atoms. The summed E-state index contributed by atoms with van der Waals surface area (Å²) in [6.07, 6.45) is 2.18. The number of anilines is 2. The van der Waals surface area contributed by atoms with Crippen LogP contribution in [0.25, 0.3) is 0 Å². The van der Waals surface area contributed by atoms with Crippen LogP contribution in [-0.4, -0.2) is 24.3 Å². The number of hydrogen-bond acceptors (Lipinski definition) is 5. The van der Waals surface area contributed by atoms with Crippen molar-refractivity contribution in [2.45, 2.75) is 38.8 Å². The van der Waals surface area contributed by atoms with Crippen LogP contribution < -0.4 is 10.2 Å². The van der Waals surface area contributed by atoms with E-state index in [1.165, 1.54) is 0 Å². The Morgan fingerprint density at radius 2 is 2.00 bits per heavy atom. The van der Waals surface area contributed by atoms with E-state index < -0.39 is 0 Å². The van der Waals surface area contributed by atoms with Crippen molar-refractivity contribution in [3.63, 3.8) is 0 Å². The summed E-state index contributed by atoms with van der Waals surface area (Å²) in [5, 5.41) is 22.4. The van der Waals surface area contributed by atoms with Crippen molar-refractivity contribution < 1.29 is 9.52 Å². The highest BCUT2D eigenvalue weighted by Gasteiger charge is 2.19. The molecule has 0 radical (unpaired) electrons. The second kappa shape index (κ2) is 7.41. The van der Waals surface area contributed by atoms with Gasteiger partial charge in [0.15, 0.2) is 0 Å². The summed E-state index contributed by atoms with van der Waals surface area (Å²) in [5.41, 5.74) is 2.51. The molecule has 2 aromatic rings. The van der Waals surface area contributed by atoms with Crippen LogP contribution in [0.2, 0.25) is 0 Å². The third-order valence-corrected chi connectivity index (χ3v) is 4.45. The Morgan fingerprint density at radius 1 is 1.25 bits per heavy atom. The maximum atomic E-state index is 9.63. The number of nitriles is 1. The molecule has 2 heterocycles. The number of aliphatic hydroxyl groups excluding tert-OH is 1. The Hall–Kier alpha value is -2.45. The second-order valence-electron chi connectivity index (χ2n) is 6.14. The molecule has 1 fully saturated rings. The Labute approximate surface area is 142 Å². The number of rotatable bonds is 5. The lowest BCUT2D eigenvalue weighted by molar-refractivity contribution is 0.145. The van der Waals surface area contributed by atoms with Crippen molar-refractivity contribution in [2.75, 3.05) is 23.3 Å². The van der Waals surface area contributed by atoms with E-state index in [1.54, 1.807) is 0 Å². The molecule has 3 rings (SSSR count). The van der Waals surface area contributed by atoms with Crippen molar-refractivity contribution >= 4 is 11.4 Å². The maximum Gasteiger partial charge on any atom is 0.123 e. The number of nitrogens with zero attached hydrogens (tertiary/aromatic N) is 2. The Morgan fingerprint density at radius 3 is 2.67 bits per heavy atom. The molecule has 0 bridgehead atoms. The summed E-state index contributed by atoms with van der Waals surface area (Å²) in [6, 6.07) is 12.1. The van der Waals surface area contributed by atoms with Gasteiger partial charge >= 0.3 is 0 Å². The molecular weight excluding hydrogens is 302 g/mol. The third kappa shape index (κ3) is 3.72. The molecule has 5 heteroatoms. The molecule has 1 aromatic carbocycles. The Bertz CT molecular complexity index is 724. The fraction of sp³-hybridized carbons (Fsp3) is 0.421. The normalized spacial score (nSPS) is 15.3. The first-order valence-electron chi connectivity index (χ1n) is 8.48. The van der Waals surface area contributed by atoms with Crippen LogP contribution in [0.1, 0.15) is 36.8 Å². The van der Waals surface area contributed by atoms with Gasteiger partial charge in [0.2, 0.25) is 0 Å². The molecule has 0 aliphatic carbocycles. The molecule has 126 valence electrons. The van der Waals surface area contributed by atoms with E-state index in [-0.39, 0.29) is 6.10 Å². The van der Waals surface area contributed by atoms with Crippen molar-refractivity contribution in [2.24, 2.45) is 0 Å².